The van der Waals surface area contributed by atoms with E-state index in [0.29, 0.717) is 19.3 Å². The van der Waals surface area contributed by atoms with Crippen molar-refractivity contribution in [3.8, 4) is 0 Å². The molecule has 0 aliphatic rings. The van der Waals surface area contributed by atoms with Gasteiger partial charge < -0.3 is 20.1 Å². The number of amides is 2. The fraction of sp³-hybridized carbons (Fsp3) is 0.905. The SMILES string of the molecule is CCC(CC(C)(CC)C(=O)NCC(=O)NC(C)(C)C[C@@](C)(CC)OC)OC. The summed E-state index contributed by atoms with van der Waals surface area (Å²) in [6.07, 6.45) is 3.75. The van der Waals surface area contributed by atoms with Crippen molar-refractivity contribution >= 4 is 11.8 Å². The third-order valence-corrected chi connectivity index (χ3v) is 5.74. The van der Waals surface area contributed by atoms with E-state index in [9.17, 15) is 9.59 Å². The molecule has 0 saturated heterocycles. The second-order valence-corrected chi connectivity index (χ2v) is 8.68. The molecule has 160 valence electrons. The van der Waals surface area contributed by atoms with Gasteiger partial charge in [-0.3, -0.25) is 9.59 Å². The first-order chi connectivity index (χ1) is 12.4. The van der Waals surface area contributed by atoms with E-state index in [2.05, 4.69) is 17.6 Å². The monoisotopic (exact) mass is 386 g/mol. The summed E-state index contributed by atoms with van der Waals surface area (Å²) in [6.45, 7) is 14.0. The van der Waals surface area contributed by atoms with Gasteiger partial charge in [-0.1, -0.05) is 27.7 Å². The second kappa shape index (κ2) is 11.0. The molecule has 6 heteroatoms. The van der Waals surface area contributed by atoms with Crippen molar-refractivity contribution in [2.75, 3.05) is 20.8 Å². The average Bonchev–Trinajstić information content (AvgIpc) is 2.62. The van der Waals surface area contributed by atoms with Gasteiger partial charge in [0.2, 0.25) is 11.8 Å². The van der Waals surface area contributed by atoms with Crippen molar-refractivity contribution in [2.45, 2.75) is 97.8 Å². The van der Waals surface area contributed by atoms with E-state index < -0.39 is 11.0 Å². The number of ether oxygens (including phenoxy) is 2. The molecule has 0 aromatic heterocycles. The average molecular weight is 387 g/mol. The molecule has 0 fully saturated rings. The molecule has 0 aromatic rings. The van der Waals surface area contributed by atoms with Gasteiger partial charge in [0, 0.05) is 25.2 Å². The smallest absolute Gasteiger partial charge is 0.239 e. The number of rotatable bonds is 13. The van der Waals surface area contributed by atoms with Gasteiger partial charge in [0.25, 0.3) is 0 Å². The summed E-state index contributed by atoms with van der Waals surface area (Å²) in [6, 6.07) is 0. The zero-order chi connectivity index (χ0) is 21.3. The first kappa shape index (κ1) is 25.9. The topological polar surface area (TPSA) is 76.7 Å². The molecular formula is C21H42N2O4. The Balaban J connectivity index is 4.77. The van der Waals surface area contributed by atoms with Gasteiger partial charge in [-0.15, -0.1) is 0 Å². The maximum atomic E-state index is 12.7. The molecule has 0 radical (unpaired) electrons. The summed E-state index contributed by atoms with van der Waals surface area (Å²) in [5.74, 6) is -0.302. The maximum absolute atomic E-state index is 12.7. The van der Waals surface area contributed by atoms with Crippen molar-refractivity contribution in [2.24, 2.45) is 5.41 Å². The Morgan fingerprint density at radius 2 is 1.59 bits per heavy atom. The highest BCUT2D eigenvalue weighted by molar-refractivity contribution is 5.87. The predicted molar refractivity (Wildman–Crippen MR) is 110 cm³/mol. The van der Waals surface area contributed by atoms with Crippen molar-refractivity contribution in [3.05, 3.63) is 0 Å². The van der Waals surface area contributed by atoms with E-state index in [0.717, 1.165) is 12.8 Å². The summed E-state index contributed by atoms with van der Waals surface area (Å²) in [5.41, 5.74) is -1.28. The van der Waals surface area contributed by atoms with Crippen LogP contribution in [-0.4, -0.2) is 49.8 Å². The lowest BCUT2D eigenvalue weighted by molar-refractivity contribution is -0.135. The Labute approximate surface area is 166 Å². The number of hydrogen-bond acceptors (Lipinski definition) is 4. The minimum atomic E-state index is -0.552. The molecule has 3 atom stereocenters. The summed E-state index contributed by atoms with van der Waals surface area (Å²) in [4.78, 5) is 25.1. The second-order valence-electron chi connectivity index (χ2n) is 8.68. The Kier molecular flexibility index (Phi) is 10.5. The van der Waals surface area contributed by atoms with Crippen LogP contribution in [0.2, 0.25) is 0 Å². The van der Waals surface area contributed by atoms with Gasteiger partial charge in [-0.25, -0.2) is 0 Å². The van der Waals surface area contributed by atoms with E-state index in [1.165, 1.54) is 0 Å². The van der Waals surface area contributed by atoms with Crippen LogP contribution in [0.5, 0.6) is 0 Å². The molecule has 0 bridgehead atoms. The molecule has 0 aliphatic carbocycles. The lowest BCUT2D eigenvalue weighted by Crippen LogP contribution is -2.52. The molecular weight excluding hydrogens is 344 g/mol. The van der Waals surface area contributed by atoms with Crippen LogP contribution in [0.15, 0.2) is 0 Å². The first-order valence-corrected chi connectivity index (χ1v) is 10.1. The number of carbonyl (C=O) groups excluding carboxylic acids is 2. The molecule has 0 heterocycles. The maximum Gasteiger partial charge on any atom is 0.239 e. The summed E-state index contributed by atoms with van der Waals surface area (Å²) < 4.78 is 11.0. The number of hydrogen-bond donors (Lipinski definition) is 2. The fourth-order valence-corrected chi connectivity index (χ4v) is 3.41. The highest BCUT2D eigenvalue weighted by Crippen LogP contribution is 2.30. The van der Waals surface area contributed by atoms with E-state index in [1.807, 2.05) is 41.5 Å². The van der Waals surface area contributed by atoms with Crippen molar-refractivity contribution < 1.29 is 19.1 Å². The molecule has 27 heavy (non-hydrogen) atoms. The number of methoxy groups -OCH3 is 2. The standard InChI is InChI=1S/C21H42N2O4/c1-10-16(26-8)13-20(6,11-2)18(25)22-14-17(24)23-19(4,5)15-21(7,12-3)27-9/h16H,10-15H2,1-9H3,(H,22,25)(H,23,24)/t16?,20?,21-/m1/s1. The van der Waals surface area contributed by atoms with E-state index in [-0.39, 0.29) is 30.1 Å². The predicted octanol–water partition coefficient (Wildman–Crippen LogP) is 3.43. The molecule has 0 aliphatic heterocycles. The molecule has 6 nitrogen and oxygen atoms in total. The van der Waals surface area contributed by atoms with Crippen LogP contribution in [0.4, 0.5) is 0 Å². The first-order valence-electron chi connectivity index (χ1n) is 10.1. The van der Waals surface area contributed by atoms with Gasteiger partial charge in [0.1, 0.15) is 0 Å². The molecule has 2 N–H and O–H groups in total. The minimum Gasteiger partial charge on any atom is -0.381 e. The Morgan fingerprint density at radius 1 is 1.00 bits per heavy atom. The van der Waals surface area contributed by atoms with Crippen LogP contribution in [0, 0.1) is 5.41 Å². The Hall–Kier alpha value is -1.14. The molecule has 0 spiro atoms. The molecule has 2 unspecified atom stereocenters. The van der Waals surface area contributed by atoms with E-state index >= 15 is 0 Å². The van der Waals surface area contributed by atoms with Crippen molar-refractivity contribution in [3.63, 3.8) is 0 Å². The lowest BCUT2D eigenvalue weighted by atomic mass is 9.80. The third-order valence-electron chi connectivity index (χ3n) is 5.74. The summed E-state index contributed by atoms with van der Waals surface area (Å²) in [7, 11) is 3.36. The van der Waals surface area contributed by atoms with Gasteiger partial charge >= 0.3 is 0 Å². The van der Waals surface area contributed by atoms with E-state index in [4.69, 9.17) is 9.47 Å². The molecule has 2 amide bonds. The normalized spacial score (nSPS) is 17.5. The van der Waals surface area contributed by atoms with Crippen molar-refractivity contribution in [1.29, 1.82) is 0 Å². The summed E-state index contributed by atoms with van der Waals surface area (Å²) >= 11 is 0. The Morgan fingerprint density at radius 3 is 2.00 bits per heavy atom. The summed E-state index contributed by atoms with van der Waals surface area (Å²) in [5, 5.41) is 5.81. The highest BCUT2D eigenvalue weighted by Gasteiger charge is 2.35. The quantitative estimate of drug-likeness (QED) is 0.508. The number of carbonyl (C=O) groups is 2. The third kappa shape index (κ3) is 8.60. The minimum absolute atomic E-state index is 0.0303. The zero-order valence-electron chi connectivity index (χ0n) is 19.0. The highest BCUT2D eigenvalue weighted by atomic mass is 16.5. The van der Waals surface area contributed by atoms with Crippen LogP contribution < -0.4 is 10.6 Å². The van der Waals surface area contributed by atoms with Gasteiger partial charge in [-0.2, -0.15) is 0 Å². The lowest BCUT2D eigenvalue weighted by Gasteiger charge is -2.36. The van der Waals surface area contributed by atoms with E-state index in [1.54, 1.807) is 14.2 Å². The van der Waals surface area contributed by atoms with Crippen LogP contribution in [0.25, 0.3) is 0 Å². The van der Waals surface area contributed by atoms with Gasteiger partial charge in [0.15, 0.2) is 0 Å². The molecule has 0 aromatic carbocycles. The van der Waals surface area contributed by atoms with Gasteiger partial charge in [-0.05, 0) is 52.9 Å². The van der Waals surface area contributed by atoms with Crippen LogP contribution >= 0.6 is 0 Å². The largest absolute Gasteiger partial charge is 0.381 e. The van der Waals surface area contributed by atoms with Gasteiger partial charge in [0.05, 0.1) is 18.2 Å². The van der Waals surface area contributed by atoms with Crippen molar-refractivity contribution in [1.82, 2.24) is 10.6 Å². The van der Waals surface area contributed by atoms with Crippen LogP contribution in [0.1, 0.15) is 80.6 Å². The van der Waals surface area contributed by atoms with Crippen LogP contribution in [0.3, 0.4) is 0 Å². The van der Waals surface area contributed by atoms with Crippen LogP contribution in [-0.2, 0) is 19.1 Å². The zero-order valence-corrected chi connectivity index (χ0v) is 19.0. The number of nitrogens with one attached hydrogen (secondary N) is 2. The molecule has 0 saturated carbocycles. The fourth-order valence-electron chi connectivity index (χ4n) is 3.41. The molecule has 0 rings (SSSR count). The Bertz CT molecular complexity index is 471.